The number of aryl methyl sites for hydroxylation is 1. The van der Waals surface area contributed by atoms with Gasteiger partial charge in [0, 0.05) is 37.4 Å². The number of piperazine rings is 1. The van der Waals surface area contributed by atoms with Gasteiger partial charge in [-0.25, -0.2) is 0 Å². The van der Waals surface area contributed by atoms with E-state index >= 15 is 0 Å². The molecule has 0 atom stereocenters. The first-order chi connectivity index (χ1) is 16.0. The molecule has 3 aromatic rings. The zero-order valence-electron chi connectivity index (χ0n) is 18.7. The summed E-state index contributed by atoms with van der Waals surface area (Å²) in [5, 5.41) is 2.96. The van der Waals surface area contributed by atoms with Crippen LogP contribution in [0.1, 0.15) is 34.0 Å². The molecule has 6 nitrogen and oxygen atoms in total. The van der Waals surface area contributed by atoms with Crippen LogP contribution in [-0.2, 0) is 29.1 Å². The standard InChI is InChI=1S/C27H27N3O3/c1-2-22-10-6-7-11-24(22)28-25(31)23-14-12-21(13-15-23)19-30-17-16-29(26(32)27(30)33)18-20-8-4-3-5-9-20/h3-15H,2,16-19H2,1H3,(H,28,31). The van der Waals surface area contributed by atoms with Crippen molar-refractivity contribution >= 4 is 23.4 Å². The lowest BCUT2D eigenvalue weighted by Crippen LogP contribution is -2.53. The van der Waals surface area contributed by atoms with Crippen molar-refractivity contribution in [1.82, 2.24) is 9.80 Å². The highest BCUT2D eigenvalue weighted by Gasteiger charge is 2.32. The van der Waals surface area contributed by atoms with Gasteiger partial charge >= 0.3 is 11.8 Å². The molecule has 33 heavy (non-hydrogen) atoms. The van der Waals surface area contributed by atoms with E-state index in [1.165, 1.54) is 0 Å². The summed E-state index contributed by atoms with van der Waals surface area (Å²) in [4.78, 5) is 41.0. The summed E-state index contributed by atoms with van der Waals surface area (Å²) >= 11 is 0. The Kier molecular flexibility index (Phi) is 6.83. The molecule has 0 saturated carbocycles. The van der Waals surface area contributed by atoms with Gasteiger partial charge in [0.15, 0.2) is 0 Å². The van der Waals surface area contributed by atoms with E-state index in [0.29, 0.717) is 31.7 Å². The fourth-order valence-corrected chi connectivity index (χ4v) is 3.95. The zero-order valence-corrected chi connectivity index (χ0v) is 18.7. The number of hydrogen-bond donors (Lipinski definition) is 1. The van der Waals surface area contributed by atoms with Crippen LogP contribution in [0.25, 0.3) is 0 Å². The van der Waals surface area contributed by atoms with Gasteiger partial charge in [-0.05, 0) is 41.3 Å². The number of benzene rings is 3. The predicted octanol–water partition coefficient (Wildman–Crippen LogP) is 3.87. The van der Waals surface area contributed by atoms with Crippen LogP contribution in [0.4, 0.5) is 5.69 Å². The third-order valence-corrected chi connectivity index (χ3v) is 5.85. The molecular formula is C27H27N3O3. The Bertz CT molecular complexity index is 1140. The van der Waals surface area contributed by atoms with E-state index in [1.807, 2.05) is 73.7 Å². The minimum Gasteiger partial charge on any atom is -0.328 e. The molecule has 1 N–H and O–H groups in total. The monoisotopic (exact) mass is 441 g/mol. The van der Waals surface area contributed by atoms with E-state index in [0.717, 1.165) is 28.8 Å². The first-order valence-electron chi connectivity index (χ1n) is 11.2. The lowest BCUT2D eigenvalue weighted by molar-refractivity contribution is -0.156. The summed E-state index contributed by atoms with van der Waals surface area (Å²) in [5.41, 5.74) is 4.31. The van der Waals surface area contributed by atoms with Gasteiger partial charge in [0.25, 0.3) is 5.91 Å². The molecule has 3 aromatic carbocycles. The summed E-state index contributed by atoms with van der Waals surface area (Å²) in [5.74, 6) is -1.14. The molecule has 0 bridgehead atoms. The van der Waals surface area contributed by atoms with Gasteiger partial charge in [-0.3, -0.25) is 14.4 Å². The SMILES string of the molecule is CCc1ccccc1NC(=O)c1ccc(CN2CCN(Cc3ccccc3)C(=O)C2=O)cc1. The highest BCUT2D eigenvalue weighted by molar-refractivity contribution is 6.35. The first-order valence-corrected chi connectivity index (χ1v) is 11.2. The number of para-hydroxylation sites is 1. The summed E-state index contributed by atoms with van der Waals surface area (Å²) in [6.45, 7) is 3.80. The Balaban J connectivity index is 1.35. The van der Waals surface area contributed by atoms with E-state index < -0.39 is 11.8 Å². The van der Waals surface area contributed by atoms with E-state index in [1.54, 1.807) is 21.9 Å². The number of anilines is 1. The van der Waals surface area contributed by atoms with Gasteiger partial charge in [-0.2, -0.15) is 0 Å². The number of nitrogens with one attached hydrogen (secondary N) is 1. The third-order valence-electron chi connectivity index (χ3n) is 5.85. The average molecular weight is 442 g/mol. The van der Waals surface area contributed by atoms with Crippen molar-refractivity contribution in [2.24, 2.45) is 0 Å². The van der Waals surface area contributed by atoms with Gasteiger partial charge < -0.3 is 15.1 Å². The number of rotatable bonds is 7. The molecule has 0 unspecified atom stereocenters. The van der Waals surface area contributed by atoms with Crippen molar-refractivity contribution in [3.05, 3.63) is 101 Å². The lowest BCUT2D eigenvalue weighted by atomic mass is 10.1. The van der Waals surface area contributed by atoms with Gasteiger partial charge in [-0.1, -0.05) is 67.6 Å². The van der Waals surface area contributed by atoms with E-state index in [2.05, 4.69) is 5.32 Å². The Labute approximate surface area is 193 Å². The second-order valence-corrected chi connectivity index (χ2v) is 8.10. The van der Waals surface area contributed by atoms with Crippen LogP contribution in [0.5, 0.6) is 0 Å². The average Bonchev–Trinajstić information content (AvgIpc) is 2.85. The lowest BCUT2D eigenvalue weighted by Gasteiger charge is -2.33. The van der Waals surface area contributed by atoms with Crippen LogP contribution in [0.15, 0.2) is 78.9 Å². The maximum Gasteiger partial charge on any atom is 0.312 e. The second kappa shape index (κ2) is 10.1. The van der Waals surface area contributed by atoms with Crippen LogP contribution in [0, 0.1) is 0 Å². The Hall–Kier alpha value is -3.93. The second-order valence-electron chi connectivity index (χ2n) is 8.10. The summed E-state index contributed by atoms with van der Waals surface area (Å²) < 4.78 is 0. The van der Waals surface area contributed by atoms with E-state index in [-0.39, 0.29) is 5.91 Å². The van der Waals surface area contributed by atoms with Crippen molar-refractivity contribution in [2.75, 3.05) is 18.4 Å². The normalized spacial score (nSPS) is 13.8. The smallest absolute Gasteiger partial charge is 0.312 e. The van der Waals surface area contributed by atoms with Gasteiger partial charge in [0.2, 0.25) is 0 Å². The van der Waals surface area contributed by atoms with Crippen molar-refractivity contribution in [2.45, 2.75) is 26.4 Å². The van der Waals surface area contributed by atoms with Gasteiger partial charge in [-0.15, -0.1) is 0 Å². The van der Waals surface area contributed by atoms with Gasteiger partial charge in [0.05, 0.1) is 0 Å². The first kappa shape index (κ1) is 22.3. The number of carbonyl (C=O) groups is 3. The molecule has 1 heterocycles. The Morgan fingerprint density at radius 3 is 1.91 bits per heavy atom. The third kappa shape index (κ3) is 5.29. The van der Waals surface area contributed by atoms with Crippen molar-refractivity contribution in [1.29, 1.82) is 0 Å². The maximum atomic E-state index is 12.6. The maximum absolute atomic E-state index is 12.6. The topological polar surface area (TPSA) is 69.7 Å². The summed E-state index contributed by atoms with van der Waals surface area (Å²) in [6.07, 6.45) is 0.834. The number of amides is 3. The minimum absolute atomic E-state index is 0.178. The molecule has 1 saturated heterocycles. The van der Waals surface area contributed by atoms with Crippen molar-refractivity contribution in [3.8, 4) is 0 Å². The van der Waals surface area contributed by atoms with Crippen molar-refractivity contribution in [3.63, 3.8) is 0 Å². The number of carbonyl (C=O) groups excluding carboxylic acids is 3. The molecule has 0 radical (unpaired) electrons. The van der Waals surface area contributed by atoms with E-state index in [4.69, 9.17) is 0 Å². The molecule has 0 spiro atoms. The van der Waals surface area contributed by atoms with Gasteiger partial charge in [0.1, 0.15) is 0 Å². The number of hydrogen-bond acceptors (Lipinski definition) is 3. The minimum atomic E-state index is -0.491. The largest absolute Gasteiger partial charge is 0.328 e. The number of nitrogens with zero attached hydrogens (tertiary/aromatic N) is 2. The van der Waals surface area contributed by atoms with Crippen LogP contribution < -0.4 is 5.32 Å². The Morgan fingerprint density at radius 2 is 1.30 bits per heavy atom. The molecule has 4 rings (SSSR count). The molecule has 1 fully saturated rings. The van der Waals surface area contributed by atoms with Crippen LogP contribution in [0.2, 0.25) is 0 Å². The molecule has 0 aromatic heterocycles. The molecule has 1 aliphatic rings. The van der Waals surface area contributed by atoms with Crippen LogP contribution in [-0.4, -0.2) is 40.6 Å². The summed E-state index contributed by atoms with van der Waals surface area (Å²) in [7, 11) is 0. The molecule has 168 valence electrons. The van der Waals surface area contributed by atoms with Crippen LogP contribution >= 0.6 is 0 Å². The Morgan fingerprint density at radius 1 is 0.758 bits per heavy atom. The molecular weight excluding hydrogens is 414 g/mol. The fraction of sp³-hybridized carbons (Fsp3) is 0.222. The molecule has 3 amide bonds. The zero-order chi connectivity index (χ0) is 23.2. The highest BCUT2D eigenvalue weighted by atomic mass is 16.2. The van der Waals surface area contributed by atoms with E-state index in [9.17, 15) is 14.4 Å². The molecule has 6 heteroatoms. The predicted molar refractivity (Wildman–Crippen MR) is 127 cm³/mol. The fourth-order valence-electron chi connectivity index (χ4n) is 3.95. The summed E-state index contributed by atoms with van der Waals surface area (Å²) in [6, 6.07) is 24.6. The molecule has 1 aliphatic heterocycles. The molecule has 0 aliphatic carbocycles. The highest BCUT2D eigenvalue weighted by Crippen LogP contribution is 2.18. The van der Waals surface area contributed by atoms with Crippen LogP contribution in [0.3, 0.4) is 0 Å². The van der Waals surface area contributed by atoms with Crippen molar-refractivity contribution < 1.29 is 14.4 Å². The quantitative estimate of drug-likeness (QED) is 0.566.